The summed E-state index contributed by atoms with van der Waals surface area (Å²) in [6.45, 7) is 1.91. The van der Waals surface area contributed by atoms with Gasteiger partial charge < -0.3 is 4.74 Å². The van der Waals surface area contributed by atoms with Crippen LogP contribution < -0.4 is 4.74 Å². The van der Waals surface area contributed by atoms with Gasteiger partial charge in [-0.1, -0.05) is 17.7 Å². The summed E-state index contributed by atoms with van der Waals surface area (Å²) in [7, 11) is 0. The first-order chi connectivity index (χ1) is 9.10. The molecule has 0 spiro atoms. The van der Waals surface area contributed by atoms with Crippen LogP contribution in [0.15, 0.2) is 46.9 Å². The Morgan fingerprint density at radius 1 is 1.21 bits per heavy atom. The Morgan fingerprint density at radius 3 is 2.63 bits per heavy atom. The molecule has 0 saturated heterocycles. The van der Waals surface area contributed by atoms with Crippen LogP contribution in [0, 0.1) is 6.92 Å². The third kappa shape index (κ3) is 3.29. The Bertz CT molecular complexity index is 635. The predicted molar refractivity (Wildman–Crippen MR) is 75.7 cm³/mol. The van der Waals surface area contributed by atoms with Crippen molar-refractivity contribution in [3.63, 3.8) is 0 Å². The van der Waals surface area contributed by atoms with Crippen LogP contribution in [0.3, 0.4) is 0 Å². The van der Waals surface area contributed by atoms with Crippen molar-refractivity contribution >= 4 is 28.2 Å². The van der Waals surface area contributed by atoms with E-state index in [-0.39, 0.29) is 0 Å². The highest BCUT2D eigenvalue weighted by atomic mass is 79.9. The van der Waals surface area contributed by atoms with E-state index in [1.165, 1.54) is 0 Å². The lowest BCUT2D eigenvalue weighted by Crippen LogP contribution is -2.09. The number of aryl methyl sites for hydroxylation is 1. The molecule has 0 bridgehead atoms. The van der Waals surface area contributed by atoms with Gasteiger partial charge in [0, 0.05) is 5.56 Å². The standard InChI is InChI=1S/C15H11BrO3/c1-10-3-2-4-12(7-10)15(18)19-14-6-5-11(9-17)8-13(14)16/h2-9H,1H3. The summed E-state index contributed by atoms with van der Waals surface area (Å²) >= 11 is 3.27. The number of aldehydes is 1. The number of benzene rings is 2. The van der Waals surface area contributed by atoms with Gasteiger partial charge in [0.1, 0.15) is 12.0 Å². The van der Waals surface area contributed by atoms with E-state index in [9.17, 15) is 9.59 Å². The number of esters is 1. The van der Waals surface area contributed by atoms with Gasteiger partial charge in [0.25, 0.3) is 0 Å². The van der Waals surface area contributed by atoms with Gasteiger partial charge in [0.15, 0.2) is 0 Å². The van der Waals surface area contributed by atoms with E-state index < -0.39 is 5.97 Å². The Balaban J connectivity index is 2.21. The normalized spacial score (nSPS) is 10.0. The topological polar surface area (TPSA) is 43.4 Å². The highest BCUT2D eigenvalue weighted by Gasteiger charge is 2.11. The molecule has 2 rings (SSSR count). The average molecular weight is 319 g/mol. The molecule has 0 aliphatic heterocycles. The third-order valence-electron chi connectivity index (χ3n) is 2.55. The average Bonchev–Trinajstić information content (AvgIpc) is 2.41. The lowest BCUT2D eigenvalue weighted by molar-refractivity contribution is 0.0733. The van der Waals surface area contributed by atoms with Crippen LogP contribution in [-0.4, -0.2) is 12.3 Å². The smallest absolute Gasteiger partial charge is 0.343 e. The summed E-state index contributed by atoms with van der Waals surface area (Å²) in [6.07, 6.45) is 0.733. The molecule has 0 radical (unpaired) electrons. The number of hydrogen-bond acceptors (Lipinski definition) is 3. The second-order valence-electron chi connectivity index (χ2n) is 4.07. The number of ether oxygens (including phenoxy) is 1. The lowest BCUT2D eigenvalue weighted by Gasteiger charge is -2.07. The quantitative estimate of drug-likeness (QED) is 0.491. The van der Waals surface area contributed by atoms with E-state index in [1.807, 2.05) is 13.0 Å². The zero-order chi connectivity index (χ0) is 13.8. The number of hydrogen-bond donors (Lipinski definition) is 0. The minimum atomic E-state index is -0.428. The van der Waals surface area contributed by atoms with Gasteiger partial charge in [-0.15, -0.1) is 0 Å². The summed E-state index contributed by atoms with van der Waals surface area (Å²) in [6, 6.07) is 11.9. The SMILES string of the molecule is Cc1cccc(C(=O)Oc2ccc(C=O)cc2Br)c1. The molecule has 0 saturated carbocycles. The van der Waals surface area contributed by atoms with Crippen LogP contribution in [0.1, 0.15) is 26.3 Å². The summed E-state index contributed by atoms with van der Waals surface area (Å²) in [4.78, 5) is 22.6. The lowest BCUT2D eigenvalue weighted by atomic mass is 10.1. The van der Waals surface area contributed by atoms with Gasteiger partial charge >= 0.3 is 5.97 Å². The van der Waals surface area contributed by atoms with Crippen molar-refractivity contribution in [2.24, 2.45) is 0 Å². The Kier molecular flexibility index (Phi) is 4.12. The molecule has 0 fully saturated rings. The van der Waals surface area contributed by atoms with Gasteiger partial charge in [-0.25, -0.2) is 4.79 Å². The third-order valence-corrected chi connectivity index (χ3v) is 3.17. The molecule has 19 heavy (non-hydrogen) atoms. The molecular weight excluding hydrogens is 308 g/mol. The molecule has 0 aromatic heterocycles. The van der Waals surface area contributed by atoms with E-state index in [0.29, 0.717) is 21.3 Å². The molecule has 2 aromatic carbocycles. The van der Waals surface area contributed by atoms with Crippen LogP contribution in [0.2, 0.25) is 0 Å². The Labute approximate surface area is 119 Å². The molecular formula is C15H11BrO3. The fourth-order valence-electron chi connectivity index (χ4n) is 1.60. The first-order valence-electron chi connectivity index (χ1n) is 5.64. The molecule has 0 unspecified atom stereocenters. The second kappa shape index (κ2) is 5.80. The van der Waals surface area contributed by atoms with E-state index in [1.54, 1.807) is 36.4 Å². The monoisotopic (exact) mass is 318 g/mol. The fourth-order valence-corrected chi connectivity index (χ4v) is 2.08. The molecule has 4 heteroatoms. The maximum atomic E-state index is 12.0. The van der Waals surface area contributed by atoms with E-state index in [4.69, 9.17) is 4.74 Å². The molecule has 2 aromatic rings. The summed E-state index contributed by atoms with van der Waals surface area (Å²) < 4.78 is 5.85. The van der Waals surface area contributed by atoms with Gasteiger partial charge in [-0.05, 0) is 53.2 Å². The number of carbonyl (C=O) groups excluding carboxylic acids is 2. The Hall–Kier alpha value is -1.94. The minimum Gasteiger partial charge on any atom is -0.422 e. The van der Waals surface area contributed by atoms with Crippen LogP contribution >= 0.6 is 15.9 Å². The second-order valence-corrected chi connectivity index (χ2v) is 4.92. The molecule has 0 N–H and O–H groups in total. The van der Waals surface area contributed by atoms with E-state index >= 15 is 0 Å². The first kappa shape index (κ1) is 13.5. The van der Waals surface area contributed by atoms with Crippen molar-refractivity contribution in [2.45, 2.75) is 6.92 Å². The van der Waals surface area contributed by atoms with Gasteiger partial charge in [-0.3, -0.25) is 4.79 Å². The largest absolute Gasteiger partial charge is 0.422 e. The van der Waals surface area contributed by atoms with Crippen molar-refractivity contribution in [2.75, 3.05) is 0 Å². The van der Waals surface area contributed by atoms with E-state index in [2.05, 4.69) is 15.9 Å². The maximum Gasteiger partial charge on any atom is 0.343 e. The number of rotatable bonds is 3. The highest BCUT2D eigenvalue weighted by Crippen LogP contribution is 2.26. The summed E-state index contributed by atoms with van der Waals surface area (Å²) in [5.74, 6) is -0.0413. The van der Waals surface area contributed by atoms with Crippen molar-refractivity contribution in [3.05, 3.63) is 63.6 Å². The van der Waals surface area contributed by atoms with Crippen molar-refractivity contribution < 1.29 is 14.3 Å². The minimum absolute atomic E-state index is 0.386. The van der Waals surface area contributed by atoms with Gasteiger partial charge in [-0.2, -0.15) is 0 Å². The van der Waals surface area contributed by atoms with Crippen molar-refractivity contribution in [1.82, 2.24) is 0 Å². The van der Waals surface area contributed by atoms with Crippen LogP contribution in [-0.2, 0) is 0 Å². The summed E-state index contributed by atoms with van der Waals surface area (Å²) in [5.41, 5.74) is 2.00. The van der Waals surface area contributed by atoms with Gasteiger partial charge in [0.2, 0.25) is 0 Å². The molecule has 0 aliphatic rings. The number of carbonyl (C=O) groups is 2. The van der Waals surface area contributed by atoms with Crippen LogP contribution in [0.4, 0.5) is 0 Å². The van der Waals surface area contributed by atoms with E-state index in [0.717, 1.165) is 11.8 Å². The summed E-state index contributed by atoms with van der Waals surface area (Å²) in [5, 5.41) is 0. The van der Waals surface area contributed by atoms with Gasteiger partial charge in [0.05, 0.1) is 10.0 Å². The molecule has 96 valence electrons. The zero-order valence-electron chi connectivity index (χ0n) is 10.2. The Morgan fingerprint density at radius 2 is 2.00 bits per heavy atom. The number of halogens is 1. The van der Waals surface area contributed by atoms with Crippen LogP contribution in [0.5, 0.6) is 5.75 Å². The zero-order valence-corrected chi connectivity index (χ0v) is 11.8. The van der Waals surface area contributed by atoms with Crippen molar-refractivity contribution in [3.8, 4) is 5.75 Å². The predicted octanol–water partition coefficient (Wildman–Crippen LogP) is 3.79. The molecule has 0 heterocycles. The first-order valence-corrected chi connectivity index (χ1v) is 6.43. The highest BCUT2D eigenvalue weighted by molar-refractivity contribution is 9.10. The maximum absolute atomic E-state index is 12.0. The van der Waals surface area contributed by atoms with Crippen LogP contribution in [0.25, 0.3) is 0 Å². The molecule has 0 amide bonds. The molecule has 3 nitrogen and oxygen atoms in total. The van der Waals surface area contributed by atoms with Crippen molar-refractivity contribution in [1.29, 1.82) is 0 Å². The molecule has 0 aliphatic carbocycles. The molecule has 0 atom stereocenters. The fraction of sp³-hybridized carbons (Fsp3) is 0.0667.